The highest BCUT2D eigenvalue weighted by molar-refractivity contribution is 5.81. The Balaban J connectivity index is 2.43. The van der Waals surface area contributed by atoms with Crippen LogP contribution in [0.15, 0.2) is 0 Å². The van der Waals surface area contributed by atoms with E-state index in [1.807, 2.05) is 20.9 Å². The summed E-state index contributed by atoms with van der Waals surface area (Å²) < 4.78 is 0. The van der Waals surface area contributed by atoms with E-state index >= 15 is 0 Å². The molecule has 0 aliphatic heterocycles. The Kier molecular flexibility index (Phi) is 6.84. The molecule has 1 rings (SSSR count). The lowest BCUT2D eigenvalue weighted by Gasteiger charge is -2.25. The van der Waals surface area contributed by atoms with Gasteiger partial charge in [-0.25, -0.2) is 0 Å². The number of hydrogen-bond acceptors (Lipinski definition) is 2. The van der Waals surface area contributed by atoms with Crippen molar-refractivity contribution in [1.82, 2.24) is 10.2 Å². The number of hydrogen-bond donors (Lipinski definition) is 1. The molecule has 3 unspecified atom stereocenters. The summed E-state index contributed by atoms with van der Waals surface area (Å²) in [7, 11) is 1.88. The molecule has 1 N–H and O–H groups in total. The molecule has 0 aromatic heterocycles. The van der Waals surface area contributed by atoms with Crippen LogP contribution in [0, 0.1) is 11.8 Å². The van der Waals surface area contributed by atoms with Crippen molar-refractivity contribution >= 4 is 5.91 Å². The third-order valence-electron chi connectivity index (χ3n) is 4.66. The van der Waals surface area contributed by atoms with Crippen molar-refractivity contribution in [2.75, 3.05) is 13.6 Å². The van der Waals surface area contributed by atoms with Crippen molar-refractivity contribution in [2.45, 2.75) is 71.9 Å². The van der Waals surface area contributed by atoms with E-state index in [2.05, 4.69) is 19.2 Å². The Hall–Kier alpha value is -0.570. The fraction of sp³-hybridized carbons (Fsp3) is 0.938. The normalized spacial score (nSPS) is 26.0. The SMILES string of the molecule is CCN(C)C(=O)C(C)NC1CCCC(C(C)C)CC1. The van der Waals surface area contributed by atoms with Crippen LogP contribution < -0.4 is 5.32 Å². The van der Waals surface area contributed by atoms with Crippen LogP contribution in [0.3, 0.4) is 0 Å². The Morgan fingerprint density at radius 3 is 2.47 bits per heavy atom. The molecule has 0 heterocycles. The maximum atomic E-state index is 12.1. The monoisotopic (exact) mass is 268 g/mol. The van der Waals surface area contributed by atoms with Gasteiger partial charge in [0, 0.05) is 19.6 Å². The Morgan fingerprint density at radius 1 is 1.21 bits per heavy atom. The summed E-state index contributed by atoms with van der Waals surface area (Å²) in [5.74, 6) is 1.88. The molecule has 0 spiro atoms. The second-order valence-electron chi connectivity index (χ2n) is 6.45. The van der Waals surface area contributed by atoms with E-state index in [1.54, 1.807) is 4.90 Å². The number of carbonyl (C=O) groups is 1. The molecule has 3 atom stereocenters. The van der Waals surface area contributed by atoms with Gasteiger partial charge >= 0.3 is 0 Å². The molecule has 1 amide bonds. The molecule has 3 heteroatoms. The Bertz CT molecular complexity index is 278. The van der Waals surface area contributed by atoms with Gasteiger partial charge in [-0.2, -0.15) is 0 Å². The topological polar surface area (TPSA) is 32.3 Å². The van der Waals surface area contributed by atoms with Gasteiger partial charge in [0.1, 0.15) is 0 Å². The number of likely N-dealkylation sites (N-methyl/N-ethyl adjacent to an activating group) is 1. The predicted octanol–water partition coefficient (Wildman–Crippen LogP) is 3.05. The molecule has 0 radical (unpaired) electrons. The van der Waals surface area contributed by atoms with Gasteiger partial charge in [0.15, 0.2) is 0 Å². The number of nitrogens with one attached hydrogen (secondary N) is 1. The molecule has 0 aromatic rings. The summed E-state index contributed by atoms with van der Waals surface area (Å²) >= 11 is 0. The molecule has 1 fully saturated rings. The van der Waals surface area contributed by atoms with Crippen LogP contribution in [0.1, 0.15) is 59.8 Å². The summed E-state index contributed by atoms with van der Waals surface area (Å²) in [6.07, 6.45) is 6.39. The maximum Gasteiger partial charge on any atom is 0.239 e. The van der Waals surface area contributed by atoms with Crippen molar-refractivity contribution in [2.24, 2.45) is 11.8 Å². The fourth-order valence-electron chi connectivity index (χ4n) is 3.07. The lowest BCUT2D eigenvalue weighted by Crippen LogP contribution is -2.47. The van der Waals surface area contributed by atoms with Gasteiger partial charge in [-0.1, -0.05) is 26.7 Å². The number of amides is 1. The number of carbonyl (C=O) groups excluding carboxylic acids is 1. The summed E-state index contributed by atoms with van der Waals surface area (Å²) in [6.45, 7) is 9.47. The van der Waals surface area contributed by atoms with Crippen LogP contribution in [0.2, 0.25) is 0 Å². The molecule has 3 nitrogen and oxygen atoms in total. The zero-order chi connectivity index (χ0) is 14.4. The first-order valence-corrected chi connectivity index (χ1v) is 7.96. The second-order valence-corrected chi connectivity index (χ2v) is 6.45. The van der Waals surface area contributed by atoms with Crippen LogP contribution in [-0.4, -0.2) is 36.5 Å². The molecular formula is C16H32N2O. The van der Waals surface area contributed by atoms with E-state index < -0.39 is 0 Å². The number of rotatable bonds is 5. The lowest BCUT2D eigenvalue weighted by molar-refractivity contribution is -0.131. The molecule has 0 aromatic carbocycles. The van der Waals surface area contributed by atoms with Gasteiger partial charge in [-0.15, -0.1) is 0 Å². The zero-order valence-corrected chi connectivity index (χ0v) is 13.4. The molecule has 1 saturated carbocycles. The van der Waals surface area contributed by atoms with Crippen LogP contribution in [0.5, 0.6) is 0 Å². The molecule has 0 bridgehead atoms. The molecule has 1 aliphatic carbocycles. The minimum Gasteiger partial charge on any atom is -0.345 e. The number of nitrogens with zero attached hydrogens (tertiary/aromatic N) is 1. The van der Waals surface area contributed by atoms with E-state index in [0.717, 1.165) is 18.4 Å². The highest BCUT2D eigenvalue weighted by atomic mass is 16.2. The van der Waals surface area contributed by atoms with Gasteiger partial charge in [0.25, 0.3) is 0 Å². The van der Waals surface area contributed by atoms with Crippen LogP contribution in [-0.2, 0) is 4.79 Å². The highest BCUT2D eigenvalue weighted by Gasteiger charge is 2.24. The summed E-state index contributed by atoms with van der Waals surface area (Å²) in [5.41, 5.74) is 0. The van der Waals surface area contributed by atoms with Crippen molar-refractivity contribution in [3.63, 3.8) is 0 Å². The summed E-state index contributed by atoms with van der Waals surface area (Å²) in [6, 6.07) is 0.471. The third kappa shape index (κ3) is 5.13. The van der Waals surface area contributed by atoms with Gasteiger partial charge in [0.05, 0.1) is 6.04 Å². The Morgan fingerprint density at radius 2 is 1.89 bits per heavy atom. The first-order chi connectivity index (χ1) is 8.95. The lowest BCUT2D eigenvalue weighted by atomic mass is 9.89. The van der Waals surface area contributed by atoms with E-state index in [0.29, 0.717) is 6.04 Å². The van der Waals surface area contributed by atoms with Crippen LogP contribution in [0.4, 0.5) is 0 Å². The van der Waals surface area contributed by atoms with E-state index in [1.165, 1.54) is 32.1 Å². The van der Waals surface area contributed by atoms with Crippen molar-refractivity contribution in [3.8, 4) is 0 Å². The highest BCUT2D eigenvalue weighted by Crippen LogP contribution is 2.28. The van der Waals surface area contributed by atoms with Crippen molar-refractivity contribution < 1.29 is 4.79 Å². The Labute approximate surface area is 119 Å². The van der Waals surface area contributed by atoms with E-state index in [-0.39, 0.29) is 11.9 Å². The first-order valence-electron chi connectivity index (χ1n) is 7.96. The molecule has 1 aliphatic rings. The summed E-state index contributed by atoms with van der Waals surface area (Å²) in [5, 5.41) is 3.54. The fourth-order valence-corrected chi connectivity index (χ4v) is 3.07. The molecule has 0 saturated heterocycles. The zero-order valence-electron chi connectivity index (χ0n) is 13.4. The van der Waals surface area contributed by atoms with Gasteiger partial charge in [-0.05, 0) is 44.9 Å². The molecule has 19 heavy (non-hydrogen) atoms. The van der Waals surface area contributed by atoms with Crippen LogP contribution >= 0.6 is 0 Å². The van der Waals surface area contributed by atoms with E-state index in [9.17, 15) is 4.79 Å². The summed E-state index contributed by atoms with van der Waals surface area (Å²) in [4.78, 5) is 13.9. The van der Waals surface area contributed by atoms with Gasteiger partial charge < -0.3 is 10.2 Å². The quantitative estimate of drug-likeness (QED) is 0.777. The van der Waals surface area contributed by atoms with E-state index in [4.69, 9.17) is 0 Å². The van der Waals surface area contributed by atoms with Gasteiger partial charge in [0.2, 0.25) is 5.91 Å². The standard InChI is InChI=1S/C16H32N2O/c1-6-18(5)16(19)13(4)17-15-9-7-8-14(10-11-15)12(2)3/h12-15,17H,6-11H2,1-5H3. The second kappa shape index (κ2) is 7.88. The smallest absolute Gasteiger partial charge is 0.239 e. The average molecular weight is 268 g/mol. The third-order valence-corrected chi connectivity index (χ3v) is 4.66. The predicted molar refractivity (Wildman–Crippen MR) is 81.1 cm³/mol. The maximum absolute atomic E-state index is 12.1. The van der Waals surface area contributed by atoms with Crippen molar-refractivity contribution in [1.29, 1.82) is 0 Å². The van der Waals surface area contributed by atoms with Crippen LogP contribution in [0.25, 0.3) is 0 Å². The van der Waals surface area contributed by atoms with Gasteiger partial charge in [-0.3, -0.25) is 4.79 Å². The molecule has 112 valence electrons. The minimum atomic E-state index is -0.0504. The average Bonchev–Trinajstić information content (AvgIpc) is 2.62. The first kappa shape index (κ1) is 16.5. The minimum absolute atomic E-state index is 0.0504. The van der Waals surface area contributed by atoms with Crippen molar-refractivity contribution in [3.05, 3.63) is 0 Å². The molecular weight excluding hydrogens is 236 g/mol. The largest absolute Gasteiger partial charge is 0.345 e.